The van der Waals surface area contributed by atoms with Crippen LogP contribution in [0.25, 0.3) is 0 Å². The number of nitrogens with one attached hydrogen (secondary N) is 1. The maximum Gasteiger partial charge on any atom is 0.225 e. The van der Waals surface area contributed by atoms with Gasteiger partial charge in [-0.1, -0.05) is 30.3 Å². The summed E-state index contributed by atoms with van der Waals surface area (Å²) in [4.78, 5) is 11.3. The lowest BCUT2D eigenvalue weighted by molar-refractivity contribution is 0.0338. The molecule has 1 saturated carbocycles. The molecule has 0 unspecified atom stereocenters. The molecule has 2 aliphatic rings. The number of hydrogen-bond donors (Lipinski definition) is 3. The van der Waals surface area contributed by atoms with Gasteiger partial charge in [0.05, 0.1) is 18.2 Å². The minimum Gasteiger partial charge on any atom is -0.393 e. The third-order valence-electron chi connectivity index (χ3n) is 5.49. The van der Waals surface area contributed by atoms with Crippen molar-refractivity contribution in [1.82, 2.24) is 9.97 Å². The Labute approximate surface area is 153 Å². The van der Waals surface area contributed by atoms with Crippen LogP contribution in [0.2, 0.25) is 0 Å². The Bertz CT molecular complexity index is 713. The van der Waals surface area contributed by atoms with E-state index in [0.29, 0.717) is 11.9 Å². The first-order chi connectivity index (χ1) is 12.7. The SMILES string of the molecule is OC1CCN(c2ccnc(N[C@H](c3ccccc3)C3CC(O)C3)n2)CC1. The molecule has 2 heterocycles. The molecule has 4 rings (SSSR count). The average Bonchev–Trinajstić information content (AvgIpc) is 2.65. The van der Waals surface area contributed by atoms with Crippen molar-refractivity contribution < 1.29 is 10.2 Å². The first kappa shape index (κ1) is 17.2. The molecule has 138 valence electrons. The summed E-state index contributed by atoms with van der Waals surface area (Å²) in [6.45, 7) is 1.63. The number of aliphatic hydroxyl groups excluding tert-OH is 2. The molecular formula is C20H26N4O2. The van der Waals surface area contributed by atoms with Crippen molar-refractivity contribution in [2.75, 3.05) is 23.3 Å². The molecule has 0 bridgehead atoms. The summed E-state index contributed by atoms with van der Waals surface area (Å²) in [7, 11) is 0. The predicted octanol–water partition coefficient (Wildman–Crippen LogP) is 2.36. The molecule has 1 aromatic carbocycles. The molecule has 1 atom stereocenters. The highest BCUT2D eigenvalue weighted by atomic mass is 16.3. The largest absolute Gasteiger partial charge is 0.393 e. The predicted molar refractivity (Wildman–Crippen MR) is 101 cm³/mol. The first-order valence-electron chi connectivity index (χ1n) is 9.44. The van der Waals surface area contributed by atoms with E-state index in [1.54, 1.807) is 6.20 Å². The summed E-state index contributed by atoms with van der Waals surface area (Å²) >= 11 is 0. The van der Waals surface area contributed by atoms with E-state index < -0.39 is 0 Å². The molecule has 2 fully saturated rings. The summed E-state index contributed by atoms with van der Waals surface area (Å²) in [6.07, 6.45) is 4.55. The minimum absolute atomic E-state index is 0.0954. The van der Waals surface area contributed by atoms with Crippen LogP contribution in [0.5, 0.6) is 0 Å². The Morgan fingerprint density at radius 2 is 1.73 bits per heavy atom. The van der Waals surface area contributed by atoms with Gasteiger partial charge in [0.2, 0.25) is 5.95 Å². The molecule has 1 saturated heterocycles. The number of hydrogen-bond acceptors (Lipinski definition) is 6. The molecule has 1 aliphatic carbocycles. The fraction of sp³-hybridized carbons (Fsp3) is 0.500. The van der Waals surface area contributed by atoms with Gasteiger partial charge in [0.15, 0.2) is 0 Å². The monoisotopic (exact) mass is 354 g/mol. The van der Waals surface area contributed by atoms with E-state index in [9.17, 15) is 10.2 Å². The van der Waals surface area contributed by atoms with E-state index in [2.05, 4.69) is 27.3 Å². The number of aromatic nitrogens is 2. The fourth-order valence-electron chi connectivity index (χ4n) is 3.86. The summed E-state index contributed by atoms with van der Waals surface area (Å²) in [5.74, 6) is 1.89. The zero-order chi connectivity index (χ0) is 17.9. The van der Waals surface area contributed by atoms with E-state index in [1.165, 1.54) is 5.56 Å². The van der Waals surface area contributed by atoms with Crippen LogP contribution < -0.4 is 10.2 Å². The van der Waals surface area contributed by atoms with Crippen molar-refractivity contribution in [3.8, 4) is 0 Å². The summed E-state index contributed by atoms with van der Waals surface area (Å²) < 4.78 is 0. The Kier molecular flexibility index (Phi) is 5.04. The maximum absolute atomic E-state index is 9.73. The fourth-order valence-corrected chi connectivity index (χ4v) is 3.86. The summed E-state index contributed by atoms with van der Waals surface area (Å²) in [5, 5.41) is 22.9. The Morgan fingerprint density at radius 3 is 2.42 bits per heavy atom. The van der Waals surface area contributed by atoms with Gasteiger partial charge >= 0.3 is 0 Å². The number of nitrogens with zero attached hydrogens (tertiary/aromatic N) is 3. The molecule has 3 N–H and O–H groups in total. The molecule has 0 amide bonds. The Hall–Kier alpha value is -2.18. The third kappa shape index (κ3) is 3.81. The molecular weight excluding hydrogens is 328 g/mol. The van der Waals surface area contributed by atoms with E-state index >= 15 is 0 Å². The lowest BCUT2D eigenvalue weighted by Crippen LogP contribution is -2.37. The minimum atomic E-state index is -0.196. The van der Waals surface area contributed by atoms with Crippen LogP contribution in [0.15, 0.2) is 42.6 Å². The molecule has 2 aromatic rings. The molecule has 0 spiro atoms. The second-order valence-electron chi connectivity index (χ2n) is 7.37. The Morgan fingerprint density at radius 1 is 1.00 bits per heavy atom. The molecule has 1 aromatic heterocycles. The van der Waals surface area contributed by atoms with Crippen LogP contribution in [0.4, 0.5) is 11.8 Å². The summed E-state index contributed by atoms with van der Waals surface area (Å²) in [5.41, 5.74) is 1.19. The van der Waals surface area contributed by atoms with E-state index in [1.807, 2.05) is 24.3 Å². The molecule has 0 radical (unpaired) electrons. The van der Waals surface area contributed by atoms with Crippen molar-refractivity contribution in [3.63, 3.8) is 0 Å². The van der Waals surface area contributed by atoms with E-state index in [4.69, 9.17) is 4.98 Å². The van der Waals surface area contributed by atoms with Gasteiger partial charge in [0.1, 0.15) is 5.82 Å². The van der Waals surface area contributed by atoms with Crippen LogP contribution in [-0.2, 0) is 0 Å². The smallest absolute Gasteiger partial charge is 0.225 e. The topological polar surface area (TPSA) is 81.5 Å². The second kappa shape index (κ2) is 7.60. The lowest BCUT2D eigenvalue weighted by Gasteiger charge is -2.38. The zero-order valence-electron chi connectivity index (χ0n) is 14.8. The third-order valence-corrected chi connectivity index (χ3v) is 5.49. The standard InChI is InChI=1S/C20H26N4O2/c25-16-7-10-24(11-8-16)18-6-9-21-20(22-18)23-19(15-12-17(26)13-15)14-4-2-1-3-5-14/h1-6,9,15-17,19,25-26H,7-8,10-13H2,(H,21,22,23)/t15?,17?,19-/m1/s1. The number of aliphatic hydroxyl groups is 2. The van der Waals surface area contributed by atoms with Gasteiger partial charge in [-0.25, -0.2) is 4.98 Å². The number of benzene rings is 1. The van der Waals surface area contributed by atoms with Gasteiger partial charge in [-0.05, 0) is 43.2 Å². The van der Waals surface area contributed by atoms with Crippen molar-refractivity contribution in [2.24, 2.45) is 5.92 Å². The zero-order valence-corrected chi connectivity index (χ0v) is 14.8. The first-order valence-corrected chi connectivity index (χ1v) is 9.44. The number of piperidine rings is 1. The Balaban J connectivity index is 1.51. The maximum atomic E-state index is 9.73. The van der Waals surface area contributed by atoms with Crippen LogP contribution in [0.1, 0.15) is 37.3 Å². The van der Waals surface area contributed by atoms with Gasteiger partial charge in [-0.3, -0.25) is 0 Å². The van der Waals surface area contributed by atoms with Gasteiger partial charge in [0.25, 0.3) is 0 Å². The molecule has 6 nitrogen and oxygen atoms in total. The quantitative estimate of drug-likeness (QED) is 0.765. The molecule has 1 aliphatic heterocycles. The van der Waals surface area contributed by atoms with E-state index in [-0.39, 0.29) is 18.2 Å². The highest BCUT2D eigenvalue weighted by molar-refractivity contribution is 5.44. The molecule has 6 heteroatoms. The number of anilines is 2. The highest BCUT2D eigenvalue weighted by Gasteiger charge is 2.35. The van der Waals surface area contributed by atoms with Crippen LogP contribution >= 0.6 is 0 Å². The van der Waals surface area contributed by atoms with Gasteiger partial charge in [0, 0.05) is 19.3 Å². The van der Waals surface area contributed by atoms with Crippen LogP contribution in [-0.4, -0.2) is 45.5 Å². The van der Waals surface area contributed by atoms with Gasteiger partial charge in [-0.15, -0.1) is 0 Å². The van der Waals surface area contributed by atoms with E-state index in [0.717, 1.165) is 44.6 Å². The van der Waals surface area contributed by atoms with Crippen molar-refractivity contribution in [1.29, 1.82) is 0 Å². The average molecular weight is 354 g/mol. The van der Waals surface area contributed by atoms with Crippen molar-refractivity contribution >= 4 is 11.8 Å². The summed E-state index contributed by atoms with van der Waals surface area (Å²) in [6, 6.07) is 12.3. The normalized spacial score (nSPS) is 24.8. The number of rotatable bonds is 5. The van der Waals surface area contributed by atoms with Gasteiger partial charge in [-0.2, -0.15) is 4.98 Å². The van der Waals surface area contributed by atoms with Crippen molar-refractivity contribution in [3.05, 3.63) is 48.2 Å². The second-order valence-corrected chi connectivity index (χ2v) is 7.37. The highest BCUT2D eigenvalue weighted by Crippen LogP contribution is 2.39. The molecule has 26 heavy (non-hydrogen) atoms. The van der Waals surface area contributed by atoms with Crippen molar-refractivity contribution in [2.45, 2.75) is 43.9 Å². The van der Waals surface area contributed by atoms with Crippen LogP contribution in [0, 0.1) is 5.92 Å². The van der Waals surface area contributed by atoms with Gasteiger partial charge < -0.3 is 20.4 Å². The van der Waals surface area contributed by atoms with Crippen LogP contribution in [0.3, 0.4) is 0 Å². The lowest BCUT2D eigenvalue weighted by atomic mass is 9.75.